The summed E-state index contributed by atoms with van der Waals surface area (Å²) in [6.07, 6.45) is 5.21. The summed E-state index contributed by atoms with van der Waals surface area (Å²) >= 11 is 0. The molecular weight excluding hydrogens is 302 g/mol. The number of nitrogens with one attached hydrogen (secondary N) is 2. The minimum Gasteiger partial charge on any atom is -0.372 e. The number of unbranched alkanes of at least 4 members (excludes halogenated alkanes) is 1. The third kappa shape index (κ3) is 4.08. The van der Waals surface area contributed by atoms with E-state index in [1.807, 2.05) is 12.1 Å². The van der Waals surface area contributed by atoms with Gasteiger partial charge in [-0.3, -0.25) is 9.59 Å². The van der Waals surface area contributed by atoms with Crippen molar-refractivity contribution in [3.63, 3.8) is 0 Å². The average Bonchev–Trinajstić information content (AvgIpc) is 3.22. The van der Waals surface area contributed by atoms with E-state index in [1.54, 1.807) is 0 Å². The van der Waals surface area contributed by atoms with Gasteiger partial charge in [0.2, 0.25) is 11.8 Å². The predicted octanol–water partition coefficient (Wildman–Crippen LogP) is 2.78. The first-order chi connectivity index (χ1) is 11.7. The number of carbonyl (C=O) groups excluding carboxylic acids is 2. The van der Waals surface area contributed by atoms with Crippen LogP contribution in [0.15, 0.2) is 24.3 Å². The molecule has 0 aromatic heterocycles. The fourth-order valence-corrected chi connectivity index (χ4v) is 3.26. The van der Waals surface area contributed by atoms with Crippen molar-refractivity contribution >= 4 is 23.2 Å². The van der Waals surface area contributed by atoms with Gasteiger partial charge in [-0.15, -0.1) is 0 Å². The van der Waals surface area contributed by atoms with Crippen LogP contribution in [-0.2, 0) is 9.59 Å². The maximum absolute atomic E-state index is 12.3. The van der Waals surface area contributed by atoms with Crippen LogP contribution in [0.4, 0.5) is 11.4 Å². The highest BCUT2D eigenvalue weighted by Gasteiger charge is 2.47. The predicted molar refractivity (Wildman–Crippen MR) is 96.0 cm³/mol. The normalized spacial score (nSPS) is 22.3. The molecule has 2 aliphatic rings. The van der Waals surface area contributed by atoms with Gasteiger partial charge in [0.1, 0.15) is 0 Å². The zero-order chi connectivity index (χ0) is 16.9. The second kappa shape index (κ2) is 7.69. The molecule has 0 radical (unpaired) electrons. The second-order valence-corrected chi connectivity index (χ2v) is 6.82. The van der Waals surface area contributed by atoms with Gasteiger partial charge in [-0.1, -0.05) is 13.3 Å². The molecule has 2 atom stereocenters. The molecule has 2 fully saturated rings. The fraction of sp³-hybridized carbons (Fsp3) is 0.579. The Kier molecular flexibility index (Phi) is 5.38. The molecule has 2 amide bonds. The smallest absolute Gasteiger partial charge is 0.228 e. The summed E-state index contributed by atoms with van der Waals surface area (Å²) in [6, 6.07) is 8.01. The summed E-state index contributed by atoms with van der Waals surface area (Å²) in [5.41, 5.74) is 2.02. The molecule has 1 saturated carbocycles. The van der Waals surface area contributed by atoms with Gasteiger partial charge in [0.25, 0.3) is 0 Å². The van der Waals surface area contributed by atoms with E-state index in [0.29, 0.717) is 13.0 Å². The Bertz CT molecular complexity index is 579. The van der Waals surface area contributed by atoms with Crippen LogP contribution in [-0.4, -0.2) is 31.4 Å². The number of amides is 2. The lowest BCUT2D eigenvalue weighted by Gasteiger charge is -2.17. The third-order valence-corrected chi connectivity index (χ3v) is 4.90. The highest BCUT2D eigenvalue weighted by Crippen LogP contribution is 2.39. The Morgan fingerprint density at radius 2 is 1.75 bits per heavy atom. The van der Waals surface area contributed by atoms with Crippen LogP contribution in [0, 0.1) is 11.8 Å². The van der Waals surface area contributed by atoms with Crippen molar-refractivity contribution in [1.29, 1.82) is 0 Å². The highest BCUT2D eigenvalue weighted by molar-refractivity contribution is 5.99. The minimum absolute atomic E-state index is 0.0213. The Labute approximate surface area is 143 Å². The van der Waals surface area contributed by atoms with Crippen LogP contribution in [0.2, 0.25) is 0 Å². The zero-order valence-corrected chi connectivity index (χ0v) is 14.4. The molecular formula is C19H27N3O2. The first-order valence-electron chi connectivity index (χ1n) is 9.12. The molecule has 0 spiro atoms. The van der Waals surface area contributed by atoms with Crippen LogP contribution in [0.25, 0.3) is 0 Å². The van der Waals surface area contributed by atoms with Gasteiger partial charge in [-0.05, 0) is 49.9 Å². The molecule has 130 valence electrons. The van der Waals surface area contributed by atoms with Crippen molar-refractivity contribution in [1.82, 2.24) is 5.32 Å². The maximum Gasteiger partial charge on any atom is 0.228 e. The lowest BCUT2D eigenvalue weighted by atomic mass is 10.2. The topological polar surface area (TPSA) is 61.4 Å². The summed E-state index contributed by atoms with van der Waals surface area (Å²) in [7, 11) is 0. The molecule has 3 rings (SSSR count). The quantitative estimate of drug-likeness (QED) is 0.756. The van der Waals surface area contributed by atoms with Crippen molar-refractivity contribution in [2.75, 3.05) is 29.9 Å². The Morgan fingerprint density at radius 3 is 2.42 bits per heavy atom. The number of carbonyl (C=O) groups is 2. The molecule has 2 unspecified atom stereocenters. The van der Waals surface area contributed by atoms with Crippen LogP contribution in [0.5, 0.6) is 0 Å². The van der Waals surface area contributed by atoms with Gasteiger partial charge in [0.15, 0.2) is 0 Å². The van der Waals surface area contributed by atoms with Crippen LogP contribution < -0.4 is 15.5 Å². The summed E-state index contributed by atoms with van der Waals surface area (Å²) in [5, 5.41) is 5.84. The van der Waals surface area contributed by atoms with E-state index < -0.39 is 0 Å². The Balaban J connectivity index is 1.46. The molecule has 1 aliphatic carbocycles. The Hall–Kier alpha value is -2.04. The van der Waals surface area contributed by atoms with Gasteiger partial charge in [0.05, 0.1) is 11.8 Å². The standard InChI is InChI=1S/C19H27N3O2/c1-2-3-10-20-18(23)16-13-17(16)19(24)21-14-6-8-15(9-7-14)22-11-4-5-12-22/h6-9,16-17H,2-5,10-13H2,1H3,(H,20,23)(H,21,24). The SMILES string of the molecule is CCCCNC(=O)C1CC1C(=O)Nc1ccc(N2CCCC2)cc1. The molecule has 0 bridgehead atoms. The molecule has 1 saturated heterocycles. The van der Waals surface area contributed by atoms with Gasteiger partial charge in [-0.25, -0.2) is 0 Å². The average molecular weight is 329 g/mol. The number of anilines is 2. The van der Waals surface area contributed by atoms with E-state index in [0.717, 1.165) is 31.6 Å². The molecule has 1 aromatic carbocycles. The summed E-state index contributed by atoms with van der Waals surface area (Å²) in [6.45, 7) is 5.03. The number of hydrogen-bond acceptors (Lipinski definition) is 3. The first-order valence-corrected chi connectivity index (χ1v) is 9.12. The molecule has 1 heterocycles. The van der Waals surface area contributed by atoms with Crippen LogP contribution >= 0.6 is 0 Å². The fourth-order valence-electron chi connectivity index (χ4n) is 3.26. The van der Waals surface area contributed by atoms with Crippen molar-refractivity contribution in [2.45, 2.75) is 39.0 Å². The summed E-state index contributed by atoms with van der Waals surface area (Å²) < 4.78 is 0. The van der Waals surface area contributed by atoms with Crippen LogP contribution in [0.3, 0.4) is 0 Å². The monoisotopic (exact) mass is 329 g/mol. The lowest BCUT2D eigenvalue weighted by Crippen LogP contribution is -2.28. The van der Waals surface area contributed by atoms with Gasteiger partial charge in [-0.2, -0.15) is 0 Å². The van der Waals surface area contributed by atoms with E-state index >= 15 is 0 Å². The van der Waals surface area contributed by atoms with Gasteiger partial charge in [0, 0.05) is 31.0 Å². The number of hydrogen-bond donors (Lipinski definition) is 2. The van der Waals surface area contributed by atoms with Gasteiger partial charge < -0.3 is 15.5 Å². The largest absolute Gasteiger partial charge is 0.372 e. The van der Waals surface area contributed by atoms with E-state index in [4.69, 9.17) is 0 Å². The van der Waals surface area contributed by atoms with E-state index in [1.165, 1.54) is 18.5 Å². The molecule has 1 aromatic rings. The molecule has 5 nitrogen and oxygen atoms in total. The van der Waals surface area contributed by atoms with Crippen LogP contribution in [0.1, 0.15) is 39.0 Å². The lowest BCUT2D eigenvalue weighted by molar-refractivity contribution is -0.125. The van der Waals surface area contributed by atoms with E-state index in [2.05, 4.69) is 34.6 Å². The number of benzene rings is 1. The van der Waals surface area contributed by atoms with Crippen molar-refractivity contribution < 1.29 is 9.59 Å². The molecule has 1 aliphatic heterocycles. The second-order valence-electron chi connectivity index (χ2n) is 6.82. The minimum atomic E-state index is -0.176. The zero-order valence-electron chi connectivity index (χ0n) is 14.4. The third-order valence-electron chi connectivity index (χ3n) is 4.90. The van der Waals surface area contributed by atoms with Crippen molar-refractivity contribution in [3.05, 3.63) is 24.3 Å². The molecule has 5 heteroatoms. The maximum atomic E-state index is 12.3. The number of nitrogens with zero attached hydrogens (tertiary/aromatic N) is 1. The van der Waals surface area contributed by atoms with Crippen molar-refractivity contribution in [2.24, 2.45) is 11.8 Å². The van der Waals surface area contributed by atoms with E-state index in [-0.39, 0.29) is 23.7 Å². The Morgan fingerprint density at radius 1 is 1.08 bits per heavy atom. The summed E-state index contributed by atoms with van der Waals surface area (Å²) in [4.78, 5) is 26.6. The molecule has 2 N–H and O–H groups in total. The van der Waals surface area contributed by atoms with E-state index in [9.17, 15) is 9.59 Å². The van der Waals surface area contributed by atoms with Gasteiger partial charge >= 0.3 is 0 Å². The molecule has 24 heavy (non-hydrogen) atoms. The summed E-state index contributed by atoms with van der Waals surface area (Å²) in [5.74, 6) is -0.344. The number of rotatable bonds is 7. The van der Waals surface area contributed by atoms with Crippen molar-refractivity contribution in [3.8, 4) is 0 Å². The first kappa shape index (κ1) is 16.8. The highest BCUT2D eigenvalue weighted by atomic mass is 16.2.